The Hall–Kier alpha value is -3.56. The lowest BCUT2D eigenvalue weighted by Crippen LogP contribution is -2.40. The molecule has 0 saturated carbocycles. The minimum Gasteiger partial charge on any atom is -0.494 e. The molecule has 2 N–H and O–H groups in total. The zero-order valence-electron chi connectivity index (χ0n) is 21.2. The lowest BCUT2D eigenvalue weighted by molar-refractivity contribution is 0.340. The third-order valence-corrected chi connectivity index (χ3v) is 7.18. The van der Waals surface area contributed by atoms with Gasteiger partial charge in [0.05, 0.1) is 33.9 Å². The first-order chi connectivity index (χ1) is 18.0. The SMILES string of the molecule is CCOc1ccc2[nH]c(=O)c(CN(Cc3cccs3)C(=S)NCCc3ccc(OC)c(OC)c3)cc2c1. The predicted octanol–water partition coefficient (Wildman–Crippen LogP) is 5.12. The number of methoxy groups -OCH3 is 2. The first kappa shape index (κ1) is 26.5. The summed E-state index contributed by atoms with van der Waals surface area (Å²) < 4.78 is 16.4. The summed E-state index contributed by atoms with van der Waals surface area (Å²) in [7, 11) is 3.25. The highest BCUT2D eigenvalue weighted by atomic mass is 32.1. The number of rotatable bonds is 11. The summed E-state index contributed by atoms with van der Waals surface area (Å²) in [6.07, 6.45) is 0.754. The van der Waals surface area contributed by atoms with Crippen LogP contribution in [0.4, 0.5) is 0 Å². The van der Waals surface area contributed by atoms with E-state index in [4.69, 9.17) is 26.4 Å². The van der Waals surface area contributed by atoms with E-state index in [9.17, 15) is 4.79 Å². The number of ether oxygens (including phenoxy) is 3. The summed E-state index contributed by atoms with van der Waals surface area (Å²) in [6.45, 7) is 4.16. The van der Waals surface area contributed by atoms with E-state index in [1.807, 2.05) is 65.7 Å². The van der Waals surface area contributed by atoms with E-state index in [-0.39, 0.29) is 5.56 Å². The Bertz CT molecular complexity index is 1400. The molecule has 0 radical (unpaired) electrons. The molecular weight excluding hydrogens is 506 g/mol. The van der Waals surface area contributed by atoms with Gasteiger partial charge in [-0.3, -0.25) is 4.79 Å². The maximum Gasteiger partial charge on any atom is 0.253 e. The Balaban J connectivity index is 1.49. The monoisotopic (exact) mass is 537 g/mol. The Kier molecular flexibility index (Phi) is 9.03. The molecule has 0 saturated heterocycles. The standard InChI is InChI=1S/C28H31N3O4S2/c1-4-35-22-8-9-24-20(16-22)15-21(27(32)30-24)17-31(18-23-6-5-13-37-23)28(36)29-12-11-19-7-10-25(33-2)26(14-19)34-3/h5-10,13-16H,4,11-12,17-18H2,1-3H3,(H,29,36)(H,30,32). The van der Waals surface area contributed by atoms with Crippen molar-refractivity contribution in [2.75, 3.05) is 27.4 Å². The molecule has 9 heteroatoms. The fourth-order valence-electron chi connectivity index (χ4n) is 4.06. The van der Waals surface area contributed by atoms with Crippen LogP contribution in [0.25, 0.3) is 10.9 Å². The number of fused-ring (bicyclic) bond motifs is 1. The number of thiocarbonyl (C=S) groups is 1. The van der Waals surface area contributed by atoms with E-state index in [0.717, 1.165) is 28.6 Å². The normalized spacial score (nSPS) is 10.8. The third kappa shape index (κ3) is 6.81. The smallest absolute Gasteiger partial charge is 0.253 e. The van der Waals surface area contributed by atoms with E-state index in [1.54, 1.807) is 25.6 Å². The largest absolute Gasteiger partial charge is 0.494 e. The average molecular weight is 538 g/mol. The summed E-state index contributed by atoms with van der Waals surface area (Å²) >= 11 is 7.45. The van der Waals surface area contributed by atoms with Crippen molar-refractivity contribution < 1.29 is 14.2 Å². The third-order valence-electron chi connectivity index (χ3n) is 5.92. The summed E-state index contributed by atoms with van der Waals surface area (Å²) in [4.78, 5) is 19.1. The number of hydrogen-bond acceptors (Lipinski definition) is 6. The van der Waals surface area contributed by atoms with Crippen LogP contribution in [0.1, 0.15) is 22.9 Å². The number of pyridine rings is 1. The Morgan fingerprint density at radius 2 is 1.89 bits per heavy atom. The van der Waals surface area contributed by atoms with Crippen LogP contribution >= 0.6 is 23.6 Å². The fraction of sp³-hybridized carbons (Fsp3) is 0.286. The van der Waals surface area contributed by atoms with Crippen LogP contribution in [-0.2, 0) is 19.5 Å². The number of aromatic amines is 1. The van der Waals surface area contributed by atoms with E-state index >= 15 is 0 Å². The number of nitrogens with one attached hydrogen (secondary N) is 2. The van der Waals surface area contributed by atoms with Gasteiger partial charge in [-0.25, -0.2) is 0 Å². The molecule has 4 aromatic rings. The highest BCUT2D eigenvalue weighted by molar-refractivity contribution is 7.80. The van der Waals surface area contributed by atoms with Gasteiger partial charge in [-0.1, -0.05) is 12.1 Å². The van der Waals surface area contributed by atoms with Crippen molar-refractivity contribution in [3.05, 3.63) is 86.3 Å². The molecule has 2 aromatic carbocycles. The molecule has 2 heterocycles. The first-order valence-corrected chi connectivity index (χ1v) is 13.3. The number of nitrogens with zero attached hydrogens (tertiary/aromatic N) is 1. The molecule has 7 nitrogen and oxygen atoms in total. The molecular formula is C28H31N3O4S2. The van der Waals surface area contributed by atoms with Crippen LogP contribution in [0.2, 0.25) is 0 Å². The molecule has 0 spiro atoms. The van der Waals surface area contributed by atoms with Crippen molar-refractivity contribution in [3.63, 3.8) is 0 Å². The van der Waals surface area contributed by atoms with E-state index in [1.165, 1.54) is 4.88 Å². The quantitative estimate of drug-likeness (QED) is 0.257. The second-order valence-electron chi connectivity index (χ2n) is 8.41. The Morgan fingerprint density at radius 1 is 1.05 bits per heavy atom. The molecule has 194 valence electrons. The van der Waals surface area contributed by atoms with Crippen molar-refractivity contribution in [3.8, 4) is 17.2 Å². The van der Waals surface area contributed by atoms with Crippen molar-refractivity contribution in [1.82, 2.24) is 15.2 Å². The summed E-state index contributed by atoms with van der Waals surface area (Å²) in [5.74, 6) is 2.17. The van der Waals surface area contributed by atoms with Crippen LogP contribution in [0.5, 0.6) is 17.2 Å². The number of hydrogen-bond donors (Lipinski definition) is 2. The molecule has 2 aromatic heterocycles. The number of H-pyrrole nitrogens is 1. The number of thiophene rings is 1. The minimum atomic E-state index is -0.124. The maximum atomic E-state index is 12.9. The summed E-state index contributed by atoms with van der Waals surface area (Å²) in [5.41, 5.74) is 2.40. The van der Waals surface area contributed by atoms with Crippen LogP contribution in [0.15, 0.2) is 64.8 Å². The topological polar surface area (TPSA) is 75.8 Å². The van der Waals surface area contributed by atoms with Crippen molar-refractivity contribution >= 4 is 39.6 Å². The second-order valence-corrected chi connectivity index (χ2v) is 9.83. The van der Waals surface area contributed by atoms with Gasteiger partial charge in [-0.15, -0.1) is 11.3 Å². The number of benzene rings is 2. The van der Waals surface area contributed by atoms with Gasteiger partial charge >= 0.3 is 0 Å². The molecule has 0 amide bonds. The molecule has 0 fully saturated rings. The zero-order valence-corrected chi connectivity index (χ0v) is 22.8. The first-order valence-electron chi connectivity index (χ1n) is 12.1. The molecule has 37 heavy (non-hydrogen) atoms. The van der Waals surface area contributed by atoms with E-state index in [2.05, 4.69) is 16.4 Å². The minimum absolute atomic E-state index is 0.124. The van der Waals surface area contributed by atoms with E-state index < -0.39 is 0 Å². The van der Waals surface area contributed by atoms with Crippen LogP contribution in [0.3, 0.4) is 0 Å². The van der Waals surface area contributed by atoms with Crippen molar-refractivity contribution in [1.29, 1.82) is 0 Å². The molecule has 0 unspecified atom stereocenters. The molecule has 0 aliphatic heterocycles. The van der Waals surface area contributed by atoms with Gasteiger partial charge in [0.25, 0.3) is 5.56 Å². The van der Waals surface area contributed by atoms with Crippen molar-refractivity contribution in [2.45, 2.75) is 26.4 Å². The molecule has 0 bridgehead atoms. The molecule has 0 aliphatic carbocycles. The average Bonchev–Trinajstić information content (AvgIpc) is 3.42. The van der Waals surface area contributed by atoms with E-state index in [0.29, 0.717) is 48.4 Å². The summed E-state index contributed by atoms with van der Waals surface area (Å²) in [5, 5.41) is 6.93. The Labute approximate surface area is 226 Å². The van der Waals surface area contributed by atoms with Gasteiger partial charge in [0, 0.05) is 27.9 Å². The lowest BCUT2D eigenvalue weighted by atomic mass is 10.1. The fourth-order valence-corrected chi connectivity index (χ4v) is 5.01. The molecule has 0 atom stereocenters. The molecule has 0 aliphatic rings. The zero-order chi connectivity index (χ0) is 26.2. The van der Waals surface area contributed by atoms with Gasteiger partial charge in [0.15, 0.2) is 16.6 Å². The molecule has 4 rings (SSSR count). The van der Waals surface area contributed by atoms with Gasteiger partial charge in [-0.2, -0.15) is 0 Å². The van der Waals surface area contributed by atoms with Gasteiger partial charge < -0.3 is 29.4 Å². The van der Waals surface area contributed by atoms with Crippen molar-refractivity contribution in [2.24, 2.45) is 0 Å². The predicted molar refractivity (Wildman–Crippen MR) is 153 cm³/mol. The maximum absolute atomic E-state index is 12.9. The van der Waals surface area contributed by atoms with Crippen LogP contribution in [-0.4, -0.2) is 42.4 Å². The van der Waals surface area contributed by atoms with Gasteiger partial charge in [0.2, 0.25) is 0 Å². The van der Waals surface area contributed by atoms with Gasteiger partial charge in [-0.05, 0) is 79.0 Å². The van der Waals surface area contributed by atoms with Crippen LogP contribution < -0.4 is 25.1 Å². The second kappa shape index (κ2) is 12.6. The van der Waals surface area contributed by atoms with Gasteiger partial charge in [0.1, 0.15) is 5.75 Å². The van der Waals surface area contributed by atoms with Crippen LogP contribution in [0, 0.1) is 0 Å². The highest BCUT2D eigenvalue weighted by Gasteiger charge is 2.15. The Morgan fingerprint density at radius 3 is 2.62 bits per heavy atom. The number of aromatic nitrogens is 1. The highest BCUT2D eigenvalue weighted by Crippen LogP contribution is 2.27. The lowest BCUT2D eigenvalue weighted by Gasteiger charge is -2.25. The summed E-state index contributed by atoms with van der Waals surface area (Å²) in [6, 6.07) is 17.6.